The van der Waals surface area contributed by atoms with Crippen molar-refractivity contribution in [1.29, 1.82) is 5.26 Å². The number of ether oxygens (including phenoxy) is 1. The zero-order valence-electron chi connectivity index (χ0n) is 11.8. The lowest BCUT2D eigenvalue weighted by Crippen LogP contribution is -2.23. The standard InChI is InChI=1S/C17H17NO2/c1-12-4-9-16(20-3)15(10-12)17(2,19)14-7-5-13(11-18)6-8-14/h4-10,19H,1-3H3. The highest BCUT2D eigenvalue weighted by Gasteiger charge is 2.29. The van der Waals surface area contributed by atoms with Crippen molar-refractivity contribution in [2.75, 3.05) is 7.11 Å². The first kappa shape index (κ1) is 14.1. The summed E-state index contributed by atoms with van der Waals surface area (Å²) < 4.78 is 5.34. The number of rotatable bonds is 3. The van der Waals surface area contributed by atoms with Gasteiger partial charge in [-0.2, -0.15) is 5.26 Å². The fourth-order valence-corrected chi connectivity index (χ4v) is 2.23. The van der Waals surface area contributed by atoms with Crippen LogP contribution in [0.3, 0.4) is 0 Å². The lowest BCUT2D eigenvalue weighted by Gasteiger charge is -2.26. The van der Waals surface area contributed by atoms with Gasteiger partial charge in [-0.15, -0.1) is 0 Å². The average molecular weight is 267 g/mol. The molecule has 0 aliphatic rings. The van der Waals surface area contributed by atoms with E-state index in [0.717, 1.165) is 11.1 Å². The number of aliphatic hydroxyl groups is 1. The number of aryl methyl sites for hydroxylation is 1. The van der Waals surface area contributed by atoms with Gasteiger partial charge in [0.15, 0.2) is 0 Å². The van der Waals surface area contributed by atoms with Crippen molar-refractivity contribution >= 4 is 0 Å². The Labute approximate surface area is 119 Å². The highest BCUT2D eigenvalue weighted by atomic mass is 16.5. The van der Waals surface area contributed by atoms with Gasteiger partial charge in [-0.05, 0) is 43.7 Å². The van der Waals surface area contributed by atoms with Gasteiger partial charge >= 0.3 is 0 Å². The van der Waals surface area contributed by atoms with E-state index >= 15 is 0 Å². The van der Waals surface area contributed by atoms with Gasteiger partial charge < -0.3 is 9.84 Å². The van der Waals surface area contributed by atoms with Crippen molar-refractivity contribution in [1.82, 2.24) is 0 Å². The second kappa shape index (κ2) is 5.36. The van der Waals surface area contributed by atoms with E-state index in [2.05, 4.69) is 6.07 Å². The van der Waals surface area contributed by atoms with E-state index in [-0.39, 0.29) is 0 Å². The Balaban J connectivity index is 2.53. The lowest BCUT2D eigenvalue weighted by molar-refractivity contribution is 0.0989. The molecule has 0 saturated heterocycles. The van der Waals surface area contributed by atoms with Crippen LogP contribution < -0.4 is 4.74 Å². The molecule has 0 aliphatic heterocycles. The van der Waals surface area contributed by atoms with E-state index in [1.54, 1.807) is 38.3 Å². The van der Waals surface area contributed by atoms with Crippen LogP contribution >= 0.6 is 0 Å². The quantitative estimate of drug-likeness (QED) is 0.929. The zero-order chi connectivity index (χ0) is 14.8. The van der Waals surface area contributed by atoms with Gasteiger partial charge in [0.1, 0.15) is 11.4 Å². The van der Waals surface area contributed by atoms with Crippen LogP contribution in [0.4, 0.5) is 0 Å². The van der Waals surface area contributed by atoms with E-state index in [4.69, 9.17) is 10.00 Å². The Bertz CT molecular complexity index is 652. The predicted molar refractivity (Wildman–Crippen MR) is 77.6 cm³/mol. The minimum Gasteiger partial charge on any atom is -0.496 e. The van der Waals surface area contributed by atoms with Gasteiger partial charge in [-0.3, -0.25) is 0 Å². The van der Waals surface area contributed by atoms with Crippen LogP contribution in [0.25, 0.3) is 0 Å². The summed E-state index contributed by atoms with van der Waals surface area (Å²) in [7, 11) is 1.59. The molecule has 2 rings (SSSR count). The molecule has 3 heteroatoms. The van der Waals surface area contributed by atoms with Gasteiger partial charge in [0, 0.05) is 5.56 Å². The van der Waals surface area contributed by atoms with Crippen molar-refractivity contribution in [2.45, 2.75) is 19.4 Å². The van der Waals surface area contributed by atoms with E-state index < -0.39 is 5.60 Å². The Hall–Kier alpha value is -2.31. The minimum atomic E-state index is -1.18. The fraction of sp³-hybridized carbons (Fsp3) is 0.235. The van der Waals surface area contributed by atoms with Crippen LogP contribution in [0.2, 0.25) is 0 Å². The van der Waals surface area contributed by atoms with Crippen LogP contribution in [0.15, 0.2) is 42.5 Å². The molecule has 2 aromatic carbocycles. The Morgan fingerprint density at radius 2 is 1.80 bits per heavy atom. The number of methoxy groups -OCH3 is 1. The summed E-state index contributed by atoms with van der Waals surface area (Å²) in [5.41, 5.74) is 1.88. The summed E-state index contributed by atoms with van der Waals surface area (Å²) in [5, 5.41) is 19.7. The van der Waals surface area contributed by atoms with Crippen LogP contribution in [0.5, 0.6) is 5.75 Å². The van der Waals surface area contributed by atoms with Crippen molar-refractivity contribution in [3.05, 3.63) is 64.7 Å². The van der Waals surface area contributed by atoms with Crippen molar-refractivity contribution in [3.8, 4) is 11.8 Å². The maximum Gasteiger partial charge on any atom is 0.125 e. The van der Waals surface area contributed by atoms with Crippen molar-refractivity contribution in [3.63, 3.8) is 0 Å². The van der Waals surface area contributed by atoms with E-state index in [0.29, 0.717) is 16.9 Å². The van der Waals surface area contributed by atoms with E-state index in [9.17, 15) is 5.11 Å². The molecule has 0 spiro atoms. The molecule has 0 amide bonds. The molecule has 0 aromatic heterocycles. The first-order valence-corrected chi connectivity index (χ1v) is 6.37. The number of nitrogens with zero attached hydrogens (tertiary/aromatic N) is 1. The zero-order valence-corrected chi connectivity index (χ0v) is 11.8. The monoisotopic (exact) mass is 267 g/mol. The molecule has 102 valence electrons. The summed E-state index contributed by atoms with van der Waals surface area (Å²) in [6, 6.07) is 14.7. The molecule has 0 heterocycles. The average Bonchev–Trinajstić information content (AvgIpc) is 2.47. The molecular weight excluding hydrogens is 250 g/mol. The van der Waals surface area contributed by atoms with Gasteiger partial charge in [0.2, 0.25) is 0 Å². The predicted octanol–water partition coefficient (Wildman–Crippen LogP) is 3.13. The molecule has 3 nitrogen and oxygen atoms in total. The minimum absolute atomic E-state index is 0.570. The largest absolute Gasteiger partial charge is 0.496 e. The summed E-state index contributed by atoms with van der Waals surface area (Å²) in [5.74, 6) is 0.643. The summed E-state index contributed by atoms with van der Waals surface area (Å²) in [6.45, 7) is 3.70. The maximum atomic E-state index is 10.9. The molecule has 1 N–H and O–H groups in total. The SMILES string of the molecule is COc1ccc(C)cc1C(C)(O)c1ccc(C#N)cc1. The molecule has 2 aromatic rings. The third-order valence-corrected chi connectivity index (χ3v) is 3.46. The Kier molecular flexibility index (Phi) is 3.78. The first-order valence-electron chi connectivity index (χ1n) is 6.37. The van der Waals surface area contributed by atoms with Gasteiger partial charge in [0.05, 0.1) is 18.7 Å². The topological polar surface area (TPSA) is 53.2 Å². The van der Waals surface area contributed by atoms with Crippen LogP contribution in [0, 0.1) is 18.3 Å². The van der Waals surface area contributed by atoms with Gasteiger partial charge in [-0.25, -0.2) is 0 Å². The molecule has 0 fully saturated rings. The molecule has 20 heavy (non-hydrogen) atoms. The summed E-state index contributed by atoms with van der Waals surface area (Å²) in [4.78, 5) is 0. The lowest BCUT2D eigenvalue weighted by atomic mass is 9.86. The fourth-order valence-electron chi connectivity index (χ4n) is 2.23. The normalized spacial score (nSPS) is 13.3. The molecule has 1 atom stereocenters. The van der Waals surface area contributed by atoms with Crippen molar-refractivity contribution in [2.24, 2.45) is 0 Å². The number of nitriles is 1. The highest BCUT2D eigenvalue weighted by molar-refractivity contribution is 5.47. The number of hydrogen-bond donors (Lipinski definition) is 1. The smallest absolute Gasteiger partial charge is 0.125 e. The molecule has 1 unspecified atom stereocenters. The number of benzene rings is 2. The second-order valence-electron chi connectivity index (χ2n) is 4.97. The Morgan fingerprint density at radius 3 is 2.35 bits per heavy atom. The van der Waals surface area contributed by atoms with Gasteiger partial charge in [0.25, 0.3) is 0 Å². The highest BCUT2D eigenvalue weighted by Crippen LogP contribution is 2.35. The first-order chi connectivity index (χ1) is 9.48. The van der Waals surface area contributed by atoms with E-state index in [1.807, 2.05) is 25.1 Å². The summed E-state index contributed by atoms with van der Waals surface area (Å²) in [6.07, 6.45) is 0. The third-order valence-electron chi connectivity index (χ3n) is 3.46. The van der Waals surface area contributed by atoms with Crippen molar-refractivity contribution < 1.29 is 9.84 Å². The van der Waals surface area contributed by atoms with E-state index in [1.165, 1.54) is 0 Å². The molecule has 0 saturated carbocycles. The maximum absolute atomic E-state index is 10.9. The van der Waals surface area contributed by atoms with Crippen LogP contribution in [-0.4, -0.2) is 12.2 Å². The number of hydrogen-bond acceptors (Lipinski definition) is 3. The summed E-state index contributed by atoms with van der Waals surface area (Å²) >= 11 is 0. The van der Waals surface area contributed by atoms with Gasteiger partial charge in [-0.1, -0.05) is 23.8 Å². The Morgan fingerprint density at radius 1 is 1.15 bits per heavy atom. The van der Waals surface area contributed by atoms with Crippen LogP contribution in [-0.2, 0) is 5.60 Å². The molecular formula is C17H17NO2. The third kappa shape index (κ3) is 2.52. The van der Waals surface area contributed by atoms with Crippen LogP contribution in [0.1, 0.15) is 29.2 Å². The second-order valence-corrected chi connectivity index (χ2v) is 4.97. The molecule has 0 radical (unpaired) electrons. The molecule has 0 aliphatic carbocycles. The molecule has 0 bridgehead atoms.